The SMILES string of the molecule is CC(C)CCNC(=O)c1c(N)n(N=Cc2ccc(Cl)c(Cl)c2)c2nc3ccccc3nc12. The molecule has 0 saturated carbocycles. The molecular weight excluding hydrogens is 447 g/mol. The van der Waals surface area contributed by atoms with Gasteiger partial charge in [0.1, 0.15) is 16.9 Å². The van der Waals surface area contributed by atoms with E-state index in [9.17, 15) is 4.79 Å². The van der Waals surface area contributed by atoms with Crippen molar-refractivity contribution < 1.29 is 4.79 Å². The van der Waals surface area contributed by atoms with Gasteiger partial charge in [-0.2, -0.15) is 9.78 Å². The molecule has 9 heteroatoms. The monoisotopic (exact) mass is 468 g/mol. The van der Waals surface area contributed by atoms with Crippen LogP contribution in [0.1, 0.15) is 36.2 Å². The molecule has 0 spiro atoms. The standard InChI is InChI=1S/C23H22Cl2N6O/c1-13(2)9-10-27-23(32)19-20-22(30-18-6-4-3-5-17(18)29-20)31(21(19)26)28-12-14-7-8-15(24)16(25)11-14/h3-8,11-13H,9-10,26H2,1-2H3,(H,27,32). The Morgan fingerprint density at radius 3 is 2.56 bits per heavy atom. The maximum absolute atomic E-state index is 13.0. The Labute approximate surface area is 195 Å². The Hall–Kier alpha value is -3.16. The predicted octanol–water partition coefficient (Wildman–Crippen LogP) is 5.13. The fraction of sp³-hybridized carbons (Fsp3) is 0.217. The summed E-state index contributed by atoms with van der Waals surface area (Å²) in [6, 6.07) is 12.6. The van der Waals surface area contributed by atoms with E-state index in [-0.39, 0.29) is 17.3 Å². The van der Waals surface area contributed by atoms with Gasteiger partial charge in [-0.15, -0.1) is 0 Å². The lowest BCUT2D eigenvalue weighted by Crippen LogP contribution is -2.26. The van der Waals surface area contributed by atoms with Gasteiger partial charge >= 0.3 is 0 Å². The van der Waals surface area contributed by atoms with E-state index >= 15 is 0 Å². The molecule has 7 nitrogen and oxygen atoms in total. The van der Waals surface area contributed by atoms with Gasteiger partial charge in [0.2, 0.25) is 0 Å². The summed E-state index contributed by atoms with van der Waals surface area (Å²) in [5.74, 6) is 0.323. The highest BCUT2D eigenvalue weighted by Crippen LogP contribution is 2.28. The summed E-state index contributed by atoms with van der Waals surface area (Å²) in [4.78, 5) is 22.4. The smallest absolute Gasteiger partial charge is 0.257 e. The third kappa shape index (κ3) is 4.40. The molecule has 0 fully saturated rings. The molecule has 0 unspecified atom stereocenters. The molecule has 0 aliphatic rings. The fourth-order valence-electron chi connectivity index (χ4n) is 3.27. The number of halogens is 2. The first-order valence-electron chi connectivity index (χ1n) is 10.2. The van der Waals surface area contributed by atoms with Gasteiger partial charge < -0.3 is 11.1 Å². The molecule has 2 aromatic heterocycles. The lowest BCUT2D eigenvalue weighted by atomic mass is 10.1. The van der Waals surface area contributed by atoms with Crippen molar-refractivity contribution in [2.24, 2.45) is 11.0 Å². The van der Waals surface area contributed by atoms with Crippen LogP contribution in [-0.4, -0.2) is 33.3 Å². The molecule has 4 aromatic rings. The minimum atomic E-state index is -0.304. The quantitative estimate of drug-likeness (QED) is 0.383. The number of para-hydroxylation sites is 2. The van der Waals surface area contributed by atoms with Gasteiger partial charge in [0, 0.05) is 6.54 Å². The third-order valence-corrected chi connectivity index (χ3v) is 5.71. The number of rotatable bonds is 6. The van der Waals surface area contributed by atoms with Crippen molar-refractivity contribution >= 4 is 63.3 Å². The minimum Gasteiger partial charge on any atom is -0.383 e. The van der Waals surface area contributed by atoms with E-state index in [1.165, 1.54) is 4.68 Å². The van der Waals surface area contributed by atoms with E-state index in [0.29, 0.717) is 44.7 Å². The Morgan fingerprint density at radius 1 is 1.16 bits per heavy atom. The van der Waals surface area contributed by atoms with Crippen molar-refractivity contribution in [2.45, 2.75) is 20.3 Å². The summed E-state index contributed by atoms with van der Waals surface area (Å²) in [7, 11) is 0. The van der Waals surface area contributed by atoms with Crippen LogP contribution in [0.5, 0.6) is 0 Å². The van der Waals surface area contributed by atoms with Gasteiger partial charge in [0.05, 0.1) is 27.3 Å². The van der Waals surface area contributed by atoms with Gasteiger partial charge in [0.25, 0.3) is 5.91 Å². The van der Waals surface area contributed by atoms with Gasteiger partial charge in [0.15, 0.2) is 5.65 Å². The van der Waals surface area contributed by atoms with Crippen molar-refractivity contribution in [3.8, 4) is 0 Å². The molecule has 0 radical (unpaired) electrons. The molecule has 2 heterocycles. The summed E-state index contributed by atoms with van der Waals surface area (Å²) >= 11 is 12.1. The number of nitrogens with zero attached hydrogens (tertiary/aromatic N) is 4. The number of fused-ring (bicyclic) bond motifs is 2. The zero-order valence-electron chi connectivity index (χ0n) is 17.6. The van der Waals surface area contributed by atoms with Crippen molar-refractivity contribution in [3.05, 3.63) is 63.6 Å². The van der Waals surface area contributed by atoms with Crippen molar-refractivity contribution in [2.75, 3.05) is 12.3 Å². The van der Waals surface area contributed by atoms with Crippen LogP contribution >= 0.6 is 23.2 Å². The van der Waals surface area contributed by atoms with Gasteiger partial charge in [-0.3, -0.25) is 4.79 Å². The highest BCUT2D eigenvalue weighted by atomic mass is 35.5. The second-order valence-corrected chi connectivity index (χ2v) is 8.63. The van der Waals surface area contributed by atoms with E-state index in [1.807, 2.05) is 24.3 Å². The summed E-state index contributed by atoms with van der Waals surface area (Å²) < 4.78 is 1.43. The van der Waals surface area contributed by atoms with E-state index in [1.54, 1.807) is 24.4 Å². The van der Waals surface area contributed by atoms with Crippen molar-refractivity contribution in [1.82, 2.24) is 20.0 Å². The number of nitrogens with two attached hydrogens (primary N) is 1. The second-order valence-electron chi connectivity index (χ2n) is 7.81. The van der Waals surface area contributed by atoms with Gasteiger partial charge in [-0.1, -0.05) is 55.2 Å². The Balaban J connectivity index is 1.83. The summed E-state index contributed by atoms with van der Waals surface area (Å²) in [5, 5.41) is 8.27. The topological polar surface area (TPSA) is 98.2 Å². The average Bonchev–Trinajstić information content (AvgIpc) is 3.02. The number of aromatic nitrogens is 3. The van der Waals surface area contributed by atoms with Crippen LogP contribution in [-0.2, 0) is 0 Å². The largest absolute Gasteiger partial charge is 0.383 e. The molecule has 4 rings (SSSR count). The number of amides is 1. The van der Waals surface area contributed by atoms with Crippen LogP contribution in [0, 0.1) is 5.92 Å². The Bertz CT molecular complexity index is 1350. The number of hydrogen-bond donors (Lipinski definition) is 2. The second kappa shape index (κ2) is 9.14. The zero-order chi connectivity index (χ0) is 22.8. The lowest BCUT2D eigenvalue weighted by Gasteiger charge is -2.07. The van der Waals surface area contributed by atoms with E-state index in [2.05, 4.69) is 34.2 Å². The molecule has 0 atom stereocenters. The number of nitrogens with one attached hydrogen (secondary N) is 1. The molecule has 3 N–H and O–H groups in total. The lowest BCUT2D eigenvalue weighted by molar-refractivity contribution is 0.0954. The number of hydrogen-bond acceptors (Lipinski definition) is 5. The van der Waals surface area contributed by atoms with Gasteiger partial charge in [-0.25, -0.2) is 9.97 Å². The van der Waals surface area contributed by atoms with Gasteiger partial charge in [-0.05, 0) is 42.2 Å². The average molecular weight is 469 g/mol. The molecule has 2 aromatic carbocycles. The fourth-order valence-corrected chi connectivity index (χ4v) is 3.57. The van der Waals surface area contributed by atoms with E-state index in [4.69, 9.17) is 28.9 Å². The normalized spacial score (nSPS) is 11.8. The minimum absolute atomic E-state index is 0.161. The number of benzene rings is 2. The first kappa shape index (κ1) is 22.0. The van der Waals surface area contributed by atoms with Crippen LogP contribution in [0.3, 0.4) is 0 Å². The number of nitrogen functional groups attached to an aromatic ring is 1. The molecular formula is C23H22Cl2N6O. The predicted molar refractivity (Wildman–Crippen MR) is 131 cm³/mol. The van der Waals surface area contributed by atoms with Crippen LogP contribution in [0.15, 0.2) is 47.6 Å². The Morgan fingerprint density at radius 2 is 1.88 bits per heavy atom. The van der Waals surface area contributed by atoms with Crippen molar-refractivity contribution in [3.63, 3.8) is 0 Å². The first-order valence-corrected chi connectivity index (χ1v) is 10.9. The van der Waals surface area contributed by atoms with Crippen molar-refractivity contribution in [1.29, 1.82) is 0 Å². The Kier molecular flexibility index (Phi) is 6.30. The molecule has 0 aliphatic carbocycles. The highest BCUT2D eigenvalue weighted by molar-refractivity contribution is 6.42. The van der Waals surface area contributed by atoms with E-state index in [0.717, 1.165) is 12.0 Å². The zero-order valence-corrected chi connectivity index (χ0v) is 19.2. The maximum Gasteiger partial charge on any atom is 0.257 e. The van der Waals surface area contributed by atoms with Crippen LogP contribution in [0.4, 0.5) is 5.82 Å². The molecule has 1 amide bonds. The van der Waals surface area contributed by atoms with Crippen LogP contribution in [0.2, 0.25) is 10.0 Å². The number of carbonyl (C=O) groups excluding carboxylic acids is 1. The summed E-state index contributed by atoms with van der Waals surface area (Å²) in [6.07, 6.45) is 2.43. The summed E-state index contributed by atoms with van der Waals surface area (Å²) in [6.45, 7) is 4.74. The molecule has 0 saturated heterocycles. The maximum atomic E-state index is 13.0. The van der Waals surface area contributed by atoms with Crippen LogP contribution in [0.25, 0.3) is 22.2 Å². The van der Waals surface area contributed by atoms with Crippen LogP contribution < -0.4 is 11.1 Å². The molecule has 0 aliphatic heterocycles. The third-order valence-electron chi connectivity index (χ3n) is 4.97. The molecule has 164 valence electrons. The number of anilines is 1. The number of carbonyl (C=O) groups is 1. The van der Waals surface area contributed by atoms with E-state index < -0.39 is 0 Å². The molecule has 32 heavy (non-hydrogen) atoms. The first-order chi connectivity index (χ1) is 15.3. The highest BCUT2D eigenvalue weighted by Gasteiger charge is 2.24. The molecule has 0 bridgehead atoms. The summed E-state index contributed by atoms with van der Waals surface area (Å²) in [5.41, 5.74) is 9.51.